The average molecular weight is 418 g/mol. The smallest absolute Gasteiger partial charge is 0.213 e. The van der Waals surface area contributed by atoms with Crippen molar-refractivity contribution in [2.24, 2.45) is 0 Å². The number of carbonyl (C=O) groups is 1. The number of piperidine rings is 1. The molecule has 7 heteroatoms. The lowest BCUT2D eigenvalue weighted by molar-refractivity contribution is 0.0994. The highest BCUT2D eigenvalue weighted by Gasteiger charge is 2.27. The second kappa shape index (κ2) is 7.23. The van der Waals surface area contributed by atoms with E-state index in [1.54, 1.807) is 19.4 Å². The van der Waals surface area contributed by atoms with Gasteiger partial charge in [0.05, 0.1) is 23.5 Å². The van der Waals surface area contributed by atoms with Crippen LogP contribution in [0.2, 0.25) is 0 Å². The van der Waals surface area contributed by atoms with Crippen molar-refractivity contribution in [2.45, 2.75) is 31.8 Å². The van der Waals surface area contributed by atoms with E-state index in [1.807, 2.05) is 12.1 Å². The van der Waals surface area contributed by atoms with E-state index >= 15 is 0 Å². The van der Waals surface area contributed by atoms with E-state index in [1.165, 1.54) is 0 Å². The molecule has 1 saturated heterocycles. The van der Waals surface area contributed by atoms with Crippen molar-refractivity contribution in [3.63, 3.8) is 0 Å². The van der Waals surface area contributed by atoms with Crippen molar-refractivity contribution in [3.8, 4) is 11.6 Å². The van der Waals surface area contributed by atoms with Crippen LogP contribution in [0.1, 0.15) is 35.3 Å². The van der Waals surface area contributed by atoms with E-state index in [0.717, 1.165) is 59.6 Å². The lowest BCUT2D eigenvalue weighted by atomic mass is 10.1. The van der Waals surface area contributed by atoms with Gasteiger partial charge >= 0.3 is 0 Å². The number of pyridine rings is 2. The van der Waals surface area contributed by atoms with Crippen molar-refractivity contribution in [2.75, 3.05) is 25.1 Å². The number of Topliss-reactive ketones (excluding diaryl/α,β-unsaturated/α-hetero) is 1. The van der Waals surface area contributed by atoms with Gasteiger partial charge in [0.2, 0.25) is 5.88 Å². The Labute approximate surface area is 160 Å². The number of halogens is 1. The van der Waals surface area contributed by atoms with Crippen LogP contribution in [0, 0.1) is 0 Å². The number of rotatable bonds is 4. The molecule has 1 aliphatic heterocycles. The summed E-state index contributed by atoms with van der Waals surface area (Å²) in [6, 6.07) is 5.61. The molecule has 3 heterocycles. The van der Waals surface area contributed by atoms with Gasteiger partial charge in [-0.2, -0.15) is 0 Å². The van der Waals surface area contributed by atoms with Gasteiger partial charge in [-0.1, -0.05) is 0 Å². The summed E-state index contributed by atoms with van der Waals surface area (Å²) >= 11 is 3.59. The molecule has 1 aliphatic carbocycles. The molecule has 0 amide bonds. The number of anilines is 1. The topological polar surface area (TPSA) is 64.6 Å². The Morgan fingerprint density at radius 2 is 2.04 bits per heavy atom. The molecule has 0 N–H and O–H groups in total. The molecule has 0 saturated carbocycles. The third-order valence-electron chi connectivity index (χ3n) is 4.89. The first-order valence-corrected chi connectivity index (χ1v) is 9.57. The van der Waals surface area contributed by atoms with Crippen LogP contribution in [0.4, 0.5) is 5.82 Å². The van der Waals surface area contributed by atoms with Crippen molar-refractivity contribution >= 4 is 27.5 Å². The van der Waals surface area contributed by atoms with E-state index in [2.05, 4.69) is 25.8 Å². The van der Waals surface area contributed by atoms with Gasteiger partial charge in [-0.25, -0.2) is 9.97 Å². The fourth-order valence-electron chi connectivity index (χ4n) is 3.47. The monoisotopic (exact) mass is 417 g/mol. The van der Waals surface area contributed by atoms with Gasteiger partial charge in [0.25, 0.3) is 0 Å². The van der Waals surface area contributed by atoms with Crippen LogP contribution in [0.25, 0.3) is 0 Å². The van der Waals surface area contributed by atoms with Crippen LogP contribution >= 0.6 is 15.9 Å². The number of fused-ring (bicyclic) bond motifs is 1. The summed E-state index contributed by atoms with van der Waals surface area (Å²) in [5.41, 5.74) is 1.70. The van der Waals surface area contributed by atoms with Crippen molar-refractivity contribution in [1.29, 1.82) is 0 Å². The number of aryl methyl sites for hydroxylation is 1. The first kappa shape index (κ1) is 17.3. The first-order valence-electron chi connectivity index (χ1n) is 8.78. The third-order valence-corrected chi connectivity index (χ3v) is 5.47. The number of methoxy groups -OCH3 is 1. The predicted octanol–water partition coefficient (Wildman–Crippen LogP) is 3.42. The van der Waals surface area contributed by atoms with E-state index in [-0.39, 0.29) is 11.9 Å². The quantitative estimate of drug-likeness (QED) is 0.758. The minimum absolute atomic E-state index is 0.163. The van der Waals surface area contributed by atoms with Crippen LogP contribution < -0.4 is 14.4 Å². The molecule has 2 aromatic rings. The molecule has 26 heavy (non-hydrogen) atoms. The Kier molecular flexibility index (Phi) is 4.80. The molecule has 4 rings (SSSR count). The molecular weight excluding hydrogens is 398 g/mol. The molecule has 136 valence electrons. The van der Waals surface area contributed by atoms with Crippen LogP contribution in [0.15, 0.2) is 28.9 Å². The van der Waals surface area contributed by atoms with Gasteiger partial charge in [0.1, 0.15) is 17.7 Å². The normalized spacial score (nSPS) is 17.3. The molecule has 2 aromatic heterocycles. The zero-order chi connectivity index (χ0) is 18.1. The van der Waals surface area contributed by atoms with Gasteiger partial charge in [-0.15, -0.1) is 0 Å². The summed E-state index contributed by atoms with van der Waals surface area (Å²) in [5.74, 6) is 2.47. The number of ketones is 1. The van der Waals surface area contributed by atoms with Gasteiger partial charge in [-0.3, -0.25) is 4.79 Å². The number of carbonyl (C=O) groups excluding carboxylic acids is 1. The van der Waals surface area contributed by atoms with Gasteiger partial charge in [-0.05, 0) is 34.5 Å². The van der Waals surface area contributed by atoms with E-state index in [4.69, 9.17) is 14.5 Å². The number of ether oxygens (including phenoxy) is 2. The van der Waals surface area contributed by atoms with Crippen molar-refractivity contribution in [3.05, 3.63) is 40.1 Å². The maximum atomic E-state index is 11.9. The standard InChI is InChI=1S/C19H20BrN3O3/c1-25-18-5-2-13(11-21-18)26-12-6-8-23(9-7-12)19-15(20)10-14-16(22-19)3-4-17(14)24/h2,5,10-12H,3-4,6-9H2,1H3. The van der Waals surface area contributed by atoms with Gasteiger partial charge < -0.3 is 14.4 Å². The van der Waals surface area contributed by atoms with E-state index in [9.17, 15) is 4.79 Å². The summed E-state index contributed by atoms with van der Waals surface area (Å²) in [4.78, 5) is 23.0. The maximum Gasteiger partial charge on any atom is 0.213 e. The van der Waals surface area contributed by atoms with Crippen LogP contribution in [-0.2, 0) is 6.42 Å². The van der Waals surface area contributed by atoms with Crippen LogP contribution in [0.3, 0.4) is 0 Å². The fraction of sp³-hybridized carbons (Fsp3) is 0.421. The van der Waals surface area contributed by atoms with E-state index < -0.39 is 0 Å². The Hall–Kier alpha value is -2.15. The first-order chi connectivity index (χ1) is 12.6. The van der Waals surface area contributed by atoms with Gasteiger partial charge in [0, 0.05) is 44.0 Å². The molecule has 0 radical (unpaired) electrons. The SMILES string of the molecule is COc1ccc(OC2CCN(c3nc4c(cc3Br)C(=O)CC4)CC2)cn1. The Morgan fingerprint density at radius 1 is 1.23 bits per heavy atom. The Balaban J connectivity index is 1.40. The lowest BCUT2D eigenvalue weighted by Gasteiger charge is -2.33. The molecule has 1 fully saturated rings. The van der Waals surface area contributed by atoms with Crippen LogP contribution in [0.5, 0.6) is 11.6 Å². The van der Waals surface area contributed by atoms with Crippen molar-refractivity contribution < 1.29 is 14.3 Å². The minimum Gasteiger partial charge on any atom is -0.489 e. The second-order valence-electron chi connectivity index (χ2n) is 6.55. The summed E-state index contributed by atoms with van der Waals surface area (Å²) in [5, 5.41) is 0. The highest BCUT2D eigenvalue weighted by molar-refractivity contribution is 9.10. The number of hydrogen-bond acceptors (Lipinski definition) is 6. The lowest BCUT2D eigenvalue weighted by Crippen LogP contribution is -2.39. The third kappa shape index (κ3) is 3.40. The molecular formula is C19H20BrN3O3. The summed E-state index contributed by atoms with van der Waals surface area (Å²) in [7, 11) is 1.60. The largest absolute Gasteiger partial charge is 0.489 e. The minimum atomic E-state index is 0.163. The summed E-state index contributed by atoms with van der Waals surface area (Å²) in [6.45, 7) is 1.74. The highest BCUT2D eigenvalue weighted by atomic mass is 79.9. The second-order valence-corrected chi connectivity index (χ2v) is 7.41. The number of hydrogen-bond donors (Lipinski definition) is 0. The molecule has 0 unspecified atom stereocenters. The Bertz CT molecular complexity index is 818. The highest BCUT2D eigenvalue weighted by Crippen LogP contribution is 2.32. The number of aromatic nitrogens is 2. The van der Waals surface area contributed by atoms with E-state index in [0.29, 0.717) is 12.3 Å². The molecule has 0 aromatic carbocycles. The molecule has 0 bridgehead atoms. The van der Waals surface area contributed by atoms with Crippen LogP contribution in [-0.4, -0.2) is 42.1 Å². The van der Waals surface area contributed by atoms with Crippen molar-refractivity contribution in [1.82, 2.24) is 9.97 Å². The average Bonchev–Trinajstić information content (AvgIpc) is 3.02. The molecule has 0 atom stereocenters. The Morgan fingerprint density at radius 3 is 2.73 bits per heavy atom. The van der Waals surface area contributed by atoms with Gasteiger partial charge in [0.15, 0.2) is 5.78 Å². The number of nitrogens with zero attached hydrogens (tertiary/aromatic N) is 3. The maximum absolute atomic E-state index is 11.9. The molecule has 6 nitrogen and oxygen atoms in total. The fourth-order valence-corrected chi connectivity index (χ4v) is 4.04. The summed E-state index contributed by atoms with van der Waals surface area (Å²) in [6.07, 6.45) is 5.01. The molecule has 0 spiro atoms. The predicted molar refractivity (Wildman–Crippen MR) is 101 cm³/mol. The molecule has 2 aliphatic rings. The zero-order valence-corrected chi connectivity index (χ0v) is 16.2. The summed E-state index contributed by atoms with van der Waals surface area (Å²) < 4.78 is 12.0. The zero-order valence-electron chi connectivity index (χ0n) is 14.6.